The standard InChI is InChI=1S/C27H46F2O2.C27H44F2O2.C26H40F2O2.C4H8O.CH3.BrH.Mg.H2/c2*1-17(15-27(28,29)23(2,3)30)20-9-10-21-19-8-7-18-16-24(4,31)13-14-25(18,5)22(19)11-12-26(20,21)6;1-16(14-26(27,28)17(2)29)20-8-9-21-19-7-6-18-15-23(3,30)12-13-24(18,4)22(19)10-11-25(20,21)5;1-2-4-5-3-1;;;;/h17-22,30-31H,7-16H2,1-6H3;7,17,19-22,30-31H,8-16H2,1-6H3;6,16,19-22,30H,7-15H2,1-5H3;1-4H2;1H3;1H;;1H/q;;;;-1;;+2;/p-1/t17-,18+,19+,20-,21+,22+,24+,25+,26-;17-,19+,20-,21+,22+,24+,25+,26-;16-,19+,20-,21+,22+,23+,24+,25-;;;;;/m111...../s1. The first-order valence-corrected chi connectivity index (χ1v) is 39.7. The van der Waals surface area contributed by atoms with Gasteiger partial charge >= 0.3 is 29.0 Å². The maximum Gasteiger partial charge on any atom is 2.00 e. The van der Waals surface area contributed by atoms with Crippen LogP contribution >= 0.6 is 0 Å². The van der Waals surface area contributed by atoms with Crippen LogP contribution in [0, 0.1) is 135 Å². The fourth-order valence-electron chi connectivity index (χ4n) is 26.8. The summed E-state index contributed by atoms with van der Waals surface area (Å²) in [6.07, 6.45) is 33.3. The van der Waals surface area contributed by atoms with Gasteiger partial charge in [0.05, 0.1) is 16.8 Å². The van der Waals surface area contributed by atoms with E-state index in [9.17, 15) is 56.7 Å². The molecule has 0 aromatic rings. The van der Waals surface area contributed by atoms with E-state index in [0.29, 0.717) is 64.6 Å². The Kier molecular flexibility index (Phi) is 26.6. The van der Waals surface area contributed by atoms with E-state index in [4.69, 9.17) is 4.74 Å². The van der Waals surface area contributed by atoms with Crippen molar-refractivity contribution in [3.63, 3.8) is 0 Å². The molecule has 0 bridgehead atoms. The van der Waals surface area contributed by atoms with E-state index in [-0.39, 0.29) is 119 Å². The Morgan fingerprint density at radius 3 is 1.20 bits per heavy atom. The van der Waals surface area contributed by atoms with Gasteiger partial charge in [-0.2, -0.15) is 8.78 Å². The van der Waals surface area contributed by atoms with Crippen LogP contribution in [0.25, 0.3) is 0 Å². The molecule has 0 aromatic carbocycles. The fourth-order valence-corrected chi connectivity index (χ4v) is 26.8. The molecule has 12 aliphatic carbocycles. The Morgan fingerprint density at radius 1 is 0.490 bits per heavy atom. The summed E-state index contributed by atoms with van der Waals surface area (Å²) in [7, 11) is 0. The fraction of sp³-hybridized carbons (Fsp3) is 0.929. The molecule has 25 atom stereocenters. The number of halogens is 7. The van der Waals surface area contributed by atoms with Gasteiger partial charge in [-0.1, -0.05) is 85.6 Å². The normalized spacial score (nSPS) is 45.0. The van der Waals surface area contributed by atoms with Crippen LogP contribution in [0.2, 0.25) is 0 Å². The quantitative estimate of drug-likeness (QED) is 0.0570. The molecule has 13 aliphatic rings. The molecule has 15 heteroatoms. The van der Waals surface area contributed by atoms with Gasteiger partial charge in [0.2, 0.25) is 0 Å². The molecule has 1 saturated heterocycles. The van der Waals surface area contributed by atoms with Gasteiger partial charge in [0.25, 0.3) is 11.8 Å². The Bertz CT molecular complexity index is 2840. The van der Waals surface area contributed by atoms with Crippen molar-refractivity contribution in [3.8, 4) is 0 Å². The van der Waals surface area contributed by atoms with Crippen molar-refractivity contribution >= 4 is 28.8 Å². The summed E-state index contributed by atoms with van der Waals surface area (Å²) < 4.78 is 92.0. The second kappa shape index (κ2) is 30.5. The first-order valence-electron chi connectivity index (χ1n) is 39.7. The Hall–Kier alpha value is -0.264. The molecular formula is C85H143BrF6MgO7. The van der Waals surface area contributed by atoms with Gasteiger partial charge in [-0.15, -0.1) is 0 Å². The number of allylic oxidation sites excluding steroid dienone is 2. The van der Waals surface area contributed by atoms with E-state index >= 15 is 0 Å². The van der Waals surface area contributed by atoms with E-state index in [1.165, 1.54) is 90.2 Å². The largest absolute Gasteiger partial charge is 2.00 e. The van der Waals surface area contributed by atoms with E-state index in [2.05, 4.69) is 53.7 Å². The van der Waals surface area contributed by atoms with Gasteiger partial charge in [-0.05, 0) is 349 Å². The Morgan fingerprint density at radius 2 is 0.840 bits per heavy atom. The summed E-state index contributed by atoms with van der Waals surface area (Å²) in [5.74, 6) is -3.21. The van der Waals surface area contributed by atoms with E-state index < -0.39 is 51.6 Å². The van der Waals surface area contributed by atoms with Crippen molar-refractivity contribution in [2.75, 3.05) is 13.2 Å². The summed E-state index contributed by atoms with van der Waals surface area (Å²) in [6.45, 7) is 34.4. The third-order valence-corrected chi connectivity index (χ3v) is 32.9. The van der Waals surface area contributed by atoms with Gasteiger partial charge in [0.1, 0.15) is 11.2 Å². The summed E-state index contributed by atoms with van der Waals surface area (Å²) >= 11 is 0. The number of ketones is 1. The van der Waals surface area contributed by atoms with Crippen LogP contribution in [-0.2, 0) is 9.53 Å². The van der Waals surface area contributed by atoms with Crippen LogP contribution in [0.15, 0.2) is 23.3 Å². The smallest absolute Gasteiger partial charge is 1.00 e. The van der Waals surface area contributed by atoms with E-state index in [0.717, 1.165) is 154 Å². The minimum atomic E-state index is -3.19. The molecule has 0 unspecified atom stereocenters. The molecule has 576 valence electrons. The molecule has 1 heterocycles. The number of Topliss-reactive ketones (excluding diaryl/α,β-unsaturated/α-hetero) is 1. The molecule has 1 aliphatic heterocycles. The van der Waals surface area contributed by atoms with Crippen LogP contribution in [-0.4, -0.2) is 113 Å². The molecule has 7 nitrogen and oxygen atoms in total. The van der Waals surface area contributed by atoms with Crippen molar-refractivity contribution in [3.05, 3.63) is 30.7 Å². The number of rotatable bonds is 12. The van der Waals surface area contributed by atoms with Crippen LogP contribution in [0.1, 0.15) is 312 Å². The average Bonchev–Trinajstić information content (AvgIpc) is 1.70. The molecule has 10 saturated carbocycles. The first-order chi connectivity index (χ1) is 44.5. The molecule has 13 rings (SSSR count). The number of carbonyl (C=O) groups is 1. The average molecular weight is 1500 g/mol. The monoisotopic (exact) mass is 1490 g/mol. The number of ether oxygens (including phenoxy) is 1. The number of hydrogen-bond acceptors (Lipinski definition) is 7. The van der Waals surface area contributed by atoms with Gasteiger partial charge < -0.3 is 54.7 Å². The third-order valence-electron chi connectivity index (χ3n) is 32.9. The summed E-state index contributed by atoms with van der Waals surface area (Å²) in [6, 6.07) is 0. The van der Waals surface area contributed by atoms with Gasteiger partial charge in [0.15, 0.2) is 5.78 Å². The molecule has 100 heavy (non-hydrogen) atoms. The van der Waals surface area contributed by atoms with Crippen molar-refractivity contribution in [2.45, 2.75) is 356 Å². The van der Waals surface area contributed by atoms with Crippen LogP contribution in [0.5, 0.6) is 0 Å². The second-order valence-electron chi connectivity index (χ2n) is 40.1. The first kappa shape index (κ1) is 87.0. The maximum absolute atomic E-state index is 14.7. The van der Waals surface area contributed by atoms with Gasteiger partial charge in [0, 0.05) is 40.8 Å². The van der Waals surface area contributed by atoms with Crippen molar-refractivity contribution < 1.29 is 79.8 Å². The topological polar surface area (TPSA) is 127 Å². The van der Waals surface area contributed by atoms with Crippen molar-refractivity contribution in [2.24, 2.45) is 127 Å². The van der Waals surface area contributed by atoms with Crippen LogP contribution < -0.4 is 17.0 Å². The molecule has 0 amide bonds. The molecule has 5 N–H and O–H groups in total. The third kappa shape index (κ3) is 16.5. The summed E-state index contributed by atoms with van der Waals surface area (Å²) in [5, 5.41) is 51.9. The van der Waals surface area contributed by atoms with Crippen molar-refractivity contribution in [1.82, 2.24) is 0 Å². The molecule has 0 aromatic heterocycles. The number of carbonyl (C=O) groups excluding carboxylic acids is 1. The van der Waals surface area contributed by atoms with Gasteiger partial charge in [-0.3, -0.25) is 4.79 Å². The molecular weight excluding hydrogens is 1350 g/mol. The van der Waals surface area contributed by atoms with Crippen molar-refractivity contribution in [1.29, 1.82) is 0 Å². The Balaban J connectivity index is 0.000000225. The molecule has 11 fully saturated rings. The zero-order chi connectivity index (χ0) is 71.7. The predicted molar refractivity (Wildman–Crippen MR) is 391 cm³/mol. The van der Waals surface area contributed by atoms with Crippen LogP contribution in [0.4, 0.5) is 26.3 Å². The number of fused-ring (bicyclic) bond motifs is 15. The SMILES string of the molecule is C1CCOC1.CC(=O)C(F)(F)C[C@@H](C)[C@H]1CC[C@H]2[C@@H]3CC=C4C[C@@](C)(O)CC[C@]4(C)[C@H]3CC[C@]12C.C[C@H](CC(F)(F)C(C)(C)O)[C@H]1CC[C@H]2[C@@H]3CC=C4C[C@@](C)(O)CC[C@]4(C)[C@H]3CC[C@]12C.C[C@H](CC(F)(F)C(C)(C)O)[C@H]1CC[C@H]2[C@@H]3CC[C@H]4C[C@@](C)(O)CC[C@]4(C)[C@H]3CC[C@]12C.[Br-].[CH3-].[HH].[Mg+2]. The zero-order valence-electron chi connectivity index (χ0n) is 65.9. The van der Waals surface area contributed by atoms with E-state index in [1.54, 1.807) is 0 Å². The predicted octanol–water partition coefficient (Wildman–Crippen LogP) is 18.3. The summed E-state index contributed by atoms with van der Waals surface area (Å²) in [5.41, 5.74) is -1.53. The second-order valence-corrected chi connectivity index (χ2v) is 40.1. The zero-order valence-corrected chi connectivity index (χ0v) is 68.9. The maximum atomic E-state index is 14.7. The van der Waals surface area contributed by atoms with Gasteiger partial charge in [-0.25, -0.2) is 17.6 Å². The number of aliphatic hydroxyl groups is 5. The van der Waals surface area contributed by atoms with E-state index in [1.807, 2.05) is 41.5 Å². The minimum absolute atomic E-state index is 0. The minimum Gasteiger partial charge on any atom is -1.00 e. The summed E-state index contributed by atoms with van der Waals surface area (Å²) in [4.78, 5) is 11.4. The number of hydrogen-bond donors (Lipinski definition) is 5. The molecule has 0 spiro atoms. The Labute approximate surface area is 631 Å². The number of alkyl halides is 6. The van der Waals surface area contributed by atoms with Crippen LogP contribution in [0.3, 0.4) is 0 Å². The molecule has 0 radical (unpaired) electrons.